The van der Waals surface area contributed by atoms with E-state index >= 15 is 0 Å². The molecule has 3 rings (SSSR count). The molecule has 2 aliphatic rings. The molecule has 16 heavy (non-hydrogen) atoms. The van der Waals surface area contributed by atoms with Crippen LogP contribution in [0.1, 0.15) is 12.5 Å². The highest BCUT2D eigenvalue weighted by atomic mass is 79.9. The molecule has 1 aromatic rings. The second kappa shape index (κ2) is 3.31. The summed E-state index contributed by atoms with van der Waals surface area (Å²) in [5.74, 6) is 0.693. The number of hydrogen-bond donors (Lipinski definition) is 1. The van der Waals surface area contributed by atoms with Gasteiger partial charge < -0.3 is 4.90 Å². The first-order valence-electron chi connectivity index (χ1n) is 5.10. The van der Waals surface area contributed by atoms with Crippen molar-refractivity contribution in [1.82, 2.24) is 10.2 Å². The number of halogens is 1. The van der Waals surface area contributed by atoms with Gasteiger partial charge in [-0.05, 0) is 30.7 Å². The highest BCUT2D eigenvalue weighted by Crippen LogP contribution is 2.30. The van der Waals surface area contributed by atoms with Gasteiger partial charge in [0.1, 0.15) is 6.04 Å². The zero-order chi connectivity index (χ0) is 11.3. The highest BCUT2D eigenvalue weighted by Gasteiger charge is 2.35. The fourth-order valence-corrected chi connectivity index (χ4v) is 2.41. The number of carbonyl (C=O) groups is 1. The first kappa shape index (κ1) is 9.84. The van der Waals surface area contributed by atoms with Gasteiger partial charge in [-0.15, -0.1) is 0 Å². The summed E-state index contributed by atoms with van der Waals surface area (Å²) >= 11 is 3.44. The van der Waals surface area contributed by atoms with Crippen LogP contribution in [0.5, 0.6) is 0 Å². The third-order valence-electron chi connectivity index (χ3n) is 2.96. The van der Waals surface area contributed by atoms with Gasteiger partial charge >= 0.3 is 0 Å². The Kier molecular flexibility index (Phi) is 2.04. The average Bonchev–Trinajstić information content (AvgIpc) is 2.52. The van der Waals surface area contributed by atoms with Crippen molar-refractivity contribution < 1.29 is 4.79 Å². The van der Waals surface area contributed by atoms with Crippen LogP contribution in [0.4, 0.5) is 5.69 Å². The lowest BCUT2D eigenvalue weighted by molar-refractivity contribution is -0.121. The van der Waals surface area contributed by atoms with E-state index in [2.05, 4.69) is 26.2 Å². The zero-order valence-electron chi connectivity index (χ0n) is 8.70. The SMILES string of the molecule is C[C@@H]1C(=O)NC2=Nc3ccc(Br)cc3CN21. The van der Waals surface area contributed by atoms with E-state index in [1.807, 2.05) is 30.0 Å². The van der Waals surface area contributed by atoms with Crippen LogP contribution in [0.25, 0.3) is 0 Å². The molecule has 0 unspecified atom stereocenters. The first-order chi connectivity index (χ1) is 7.65. The molecule has 5 heteroatoms. The summed E-state index contributed by atoms with van der Waals surface area (Å²) in [7, 11) is 0. The van der Waals surface area contributed by atoms with Crippen molar-refractivity contribution in [1.29, 1.82) is 0 Å². The molecular weight excluding hydrogens is 270 g/mol. The number of hydrogen-bond acceptors (Lipinski definition) is 3. The lowest BCUT2D eigenvalue weighted by Gasteiger charge is -2.26. The Morgan fingerprint density at radius 1 is 1.56 bits per heavy atom. The monoisotopic (exact) mass is 279 g/mol. The highest BCUT2D eigenvalue weighted by molar-refractivity contribution is 9.10. The van der Waals surface area contributed by atoms with Gasteiger partial charge in [-0.25, -0.2) is 4.99 Å². The maximum atomic E-state index is 11.5. The van der Waals surface area contributed by atoms with Crippen molar-refractivity contribution in [3.63, 3.8) is 0 Å². The molecule has 0 bridgehead atoms. The number of guanidine groups is 1. The van der Waals surface area contributed by atoms with E-state index in [-0.39, 0.29) is 11.9 Å². The molecule has 1 fully saturated rings. The van der Waals surface area contributed by atoms with Crippen LogP contribution in [0.15, 0.2) is 27.7 Å². The maximum absolute atomic E-state index is 11.5. The standard InChI is InChI=1S/C11H10BrN3O/c1-6-10(16)14-11-13-9-3-2-8(12)4-7(9)5-15(6)11/h2-4,6H,5H2,1H3,(H,13,14,16)/t6-/m1/s1. The number of benzene rings is 1. The van der Waals surface area contributed by atoms with E-state index in [9.17, 15) is 4.79 Å². The topological polar surface area (TPSA) is 44.7 Å². The summed E-state index contributed by atoms with van der Waals surface area (Å²) in [5.41, 5.74) is 2.07. The average molecular weight is 280 g/mol. The normalized spacial score (nSPS) is 22.4. The van der Waals surface area contributed by atoms with Gasteiger partial charge in [0.05, 0.1) is 5.69 Å². The van der Waals surface area contributed by atoms with Crippen LogP contribution in [0, 0.1) is 0 Å². The van der Waals surface area contributed by atoms with E-state index in [1.165, 1.54) is 0 Å². The van der Waals surface area contributed by atoms with Crippen LogP contribution in [-0.2, 0) is 11.3 Å². The van der Waals surface area contributed by atoms with E-state index in [1.54, 1.807) is 0 Å². The molecule has 2 heterocycles. The summed E-state index contributed by atoms with van der Waals surface area (Å²) in [6.45, 7) is 2.62. The Balaban J connectivity index is 2.07. The van der Waals surface area contributed by atoms with Crippen molar-refractivity contribution in [2.75, 3.05) is 0 Å². The minimum Gasteiger partial charge on any atom is -0.326 e. The molecule has 1 saturated heterocycles. The van der Waals surface area contributed by atoms with Gasteiger partial charge in [-0.3, -0.25) is 10.1 Å². The Bertz CT molecular complexity index is 512. The van der Waals surface area contributed by atoms with Gasteiger partial charge in [0.2, 0.25) is 11.9 Å². The molecule has 4 nitrogen and oxygen atoms in total. The molecule has 2 aliphatic heterocycles. The van der Waals surface area contributed by atoms with Gasteiger partial charge in [0.15, 0.2) is 0 Å². The summed E-state index contributed by atoms with van der Waals surface area (Å²) in [6.07, 6.45) is 0. The van der Waals surface area contributed by atoms with Crippen LogP contribution >= 0.6 is 15.9 Å². The third-order valence-corrected chi connectivity index (χ3v) is 3.46. The lowest BCUT2D eigenvalue weighted by atomic mass is 10.1. The number of nitrogens with zero attached hydrogens (tertiary/aromatic N) is 2. The Labute approximate surface area is 101 Å². The van der Waals surface area contributed by atoms with Crippen molar-refractivity contribution in [2.24, 2.45) is 4.99 Å². The molecule has 1 N–H and O–H groups in total. The maximum Gasteiger partial charge on any atom is 0.249 e. The number of fused-ring (bicyclic) bond motifs is 2. The second-order valence-electron chi connectivity index (χ2n) is 4.00. The number of amides is 1. The number of carbonyl (C=O) groups excluding carboxylic acids is 1. The lowest BCUT2D eigenvalue weighted by Crippen LogP contribution is -2.35. The van der Waals surface area contributed by atoms with Crippen LogP contribution < -0.4 is 5.32 Å². The predicted molar refractivity (Wildman–Crippen MR) is 64.4 cm³/mol. The van der Waals surface area contributed by atoms with Crippen LogP contribution in [0.3, 0.4) is 0 Å². The quantitative estimate of drug-likeness (QED) is 0.787. The van der Waals surface area contributed by atoms with E-state index < -0.39 is 0 Å². The number of aliphatic imine (C=N–C) groups is 1. The van der Waals surface area contributed by atoms with Gasteiger partial charge in [-0.2, -0.15) is 0 Å². The van der Waals surface area contributed by atoms with E-state index in [0.29, 0.717) is 5.96 Å². The van der Waals surface area contributed by atoms with Crippen LogP contribution in [-0.4, -0.2) is 22.8 Å². The Morgan fingerprint density at radius 2 is 2.38 bits per heavy atom. The van der Waals surface area contributed by atoms with Crippen molar-refractivity contribution in [3.05, 3.63) is 28.2 Å². The fourth-order valence-electron chi connectivity index (χ4n) is 2.00. The Morgan fingerprint density at radius 3 is 3.19 bits per heavy atom. The molecule has 0 spiro atoms. The molecule has 82 valence electrons. The van der Waals surface area contributed by atoms with Crippen molar-refractivity contribution in [3.8, 4) is 0 Å². The summed E-state index contributed by atoms with van der Waals surface area (Å²) < 4.78 is 1.04. The second-order valence-corrected chi connectivity index (χ2v) is 4.92. The molecule has 0 aliphatic carbocycles. The minimum absolute atomic E-state index is 0.0191. The molecule has 1 aromatic carbocycles. The zero-order valence-corrected chi connectivity index (χ0v) is 10.3. The predicted octanol–water partition coefficient (Wildman–Crippen LogP) is 1.77. The molecule has 0 saturated carbocycles. The third kappa shape index (κ3) is 1.35. The first-order valence-corrected chi connectivity index (χ1v) is 5.89. The molecular formula is C11H10BrN3O. The van der Waals surface area contributed by atoms with E-state index in [0.717, 1.165) is 22.3 Å². The van der Waals surface area contributed by atoms with E-state index in [4.69, 9.17) is 0 Å². The Hall–Kier alpha value is -1.36. The molecule has 0 aromatic heterocycles. The van der Waals surface area contributed by atoms with Gasteiger partial charge in [0.25, 0.3) is 0 Å². The largest absolute Gasteiger partial charge is 0.326 e. The molecule has 1 amide bonds. The summed E-state index contributed by atoms with van der Waals surface area (Å²) in [4.78, 5) is 17.9. The number of rotatable bonds is 0. The van der Waals surface area contributed by atoms with Crippen molar-refractivity contribution in [2.45, 2.75) is 19.5 Å². The summed E-state index contributed by atoms with van der Waals surface area (Å²) in [6, 6.07) is 5.83. The molecule has 0 radical (unpaired) electrons. The van der Waals surface area contributed by atoms with Crippen molar-refractivity contribution >= 4 is 33.5 Å². The summed E-state index contributed by atoms with van der Waals surface area (Å²) in [5, 5.41) is 2.79. The fraction of sp³-hybridized carbons (Fsp3) is 0.273. The number of nitrogens with one attached hydrogen (secondary N) is 1. The molecule has 1 atom stereocenters. The smallest absolute Gasteiger partial charge is 0.249 e. The van der Waals surface area contributed by atoms with Gasteiger partial charge in [0, 0.05) is 11.0 Å². The minimum atomic E-state index is -0.133. The van der Waals surface area contributed by atoms with Gasteiger partial charge in [-0.1, -0.05) is 15.9 Å². The van der Waals surface area contributed by atoms with Crippen LogP contribution in [0.2, 0.25) is 0 Å².